The van der Waals surface area contributed by atoms with Gasteiger partial charge in [-0.1, -0.05) is 0 Å². The number of hydrogen-bond acceptors (Lipinski definition) is 2. The predicted octanol–water partition coefficient (Wildman–Crippen LogP) is 1.54. The predicted molar refractivity (Wildman–Crippen MR) is 74.2 cm³/mol. The molecule has 5 rings (SSSR count). The van der Waals surface area contributed by atoms with Gasteiger partial charge in [-0.3, -0.25) is 9.97 Å². The zero-order valence-corrected chi connectivity index (χ0v) is 10.5. The number of hydrogen-bond donors (Lipinski definition) is 0. The highest BCUT2D eigenvalue weighted by atomic mass is 15.2. The second-order valence-electron chi connectivity index (χ2n) is 4.98. The summed E-state index contributed by atoms with van der Waals surface area (Å²) in [4.78, 5) is 8.55. The third-order valence-corrected chi connectivity index (χ3v) is 3.94. The summed E-state index contributed by atoms with van der Waals surface area (Å²) in [6, 6.07) is 5.60. The van der Waals surface area contributed by atoms with Crippen molar-refractivity contribution in [1.29, 1.82) is 0 Å². The lowest BCUT2D eigenvalue weighted by atomic mass is 10.2. The Bertz CT molecular complexity index is 1090. The second-order valence-corrected chi connectivity index (χ2v) is 4.98. The molecule has 0 atom stereocenters. The Morgan fingerprint density at radius 3 is 3.25 bits per heavy atom. The fraction of sp³-hybridized carbons (Fsp3) is 0.133. The van der Waals surface area contributed by atoms with Gasteiger partial charge in [-0.25, -0.2) is 4.57 Å². The van der Waals surface area contributed by atoms with Crippen LogP contribution in [-0.2, 0) is 13.5 Å². The van der Waals surface area contributed by atoms with Crippen LogP contribution in [0, 0.1) is 0 Å². The highest BCUT2D eigenvalue weighted by Gasteiger charge is 2.32. The molecule has 1 aliphatic rings. The van der Waals surface area contributed by atoms with Crippen LogP contribution >= 0.6 is 0 Å². The van der Waals surface area contributed by atoms with Gasteiger partial charge < -0.3 is 4.57 Å². The number of aryl methyl sites for hydroxylation is 1. The molecule has 5 heterocycles. The first kappa shape index (κ1) is 7.79. The summed E-state index contributed by atoms with van der Waals surface area (Å²) in [5.74, 6) is 0. The van der Waals surface area contributed by atoms with Gasteiger partial charge in [-0.2, -0.15) is 4.40 Å². The van der Waals surface area contributed by atoms with Crippen LogP contribution in [0.5, 0.6) is 0 Å². The molecule has 0 spiro atoms. The van der Waals surface area contributed by atoms with Crippen molar-refractivity contribution in [2.75, 3.05) is 0 Å². The Labute approximate surface area is 119 Å². The molecule has 4 aromatic rings. The summed E-state index contributed by atoms with van der Waals surface area (Å²) in [7, 11) is 0. The summed E-state index contributed by atoms with van der Waals surface area (Å²) in [5.41, 5.74) is 4.92. The standard InChI is InChI=1S/C15H12N5/c1-18-12-4-6-16-7-13(12)20-9-19-8-11-10(3-2-5-17-11)14(19)15(18)20/h2-7,9H,8H2,1H3/q+1/i1D3. The third-order valence-electron chi connectivity index (χ3n) is 3.94. The lowest BCUT2D eigenvalue weighted by Gasteiger charge is -1.95. The monoisotopic (exact) mass is 265 g/mol. The molecule has 0 saturated carbocycles. The van der Waals surface area contributed by atoms with Crippen molar-refractivity contribution in [3.8, 4) is 11.3 Å². The summed E-state index contributed by atoms with van der Waals surface area (Å²) in [5, 5.41) is 0. The molecule has 0 aromatic carbocycles. The minimum atomic E-state index is -2.28. The molecule has 0 bridgehead atoms. The molecule has 5 nitrogen and oxygen atoms in total. The van der Waals surface area contributed by atoms with E-state index in [4.69, 9.17) is 4.11 Å². The largest absolute Gasteiger partial charge is 0.304 e. The molecule has 0 amide bonds. The molecule has 0 saturated heterocycles. The van der Waals surface area contributed by atoms with Crippen LogP contribution in [0.3, 0.4) is 0 Å². The summed E-state index contributed by atoms with van der Waals surface area (Å²) < 4.78 is 29.3. The Morgan fingerprint density at radius 1 is 1.30 bits per heavy atom. The number of pyridine rings is 2. The van der Waals surface area contributed by atoms with Gasteiger partial charge in [0, 0.05) is 23.5 Å². The Hall–Kier alpha value is -2.69. The molecule has 5 heteroatoms. The second kappa shape index (κ2) is 3.25. The highest BCUT2D eigenvalue weighted by molar-refractivity contribution is 5.86. The molecule has 4 aromatic heterocycles. The van der Waals surface area contributed by atoms with Gasteiger partial charge in [0.05, 0.1) is 23.0 Å². The number of aromatic nitrogens is 5. The van der Waals surface area contributed by atoms with Crippen molar-refractivity contribution >= 4 is 16.7 Å². The van der Waals surface area contributed by atoms with Crippen molar-refractivity contribution in [2.24, 2.45) is 6.98 Å². The van der Waals surface area contributed by atoms with Crippen molar-refractivity contribution in [1.82, 2.24) is 18.9 Å². The van der Waals surface area contributed by atoms with Crippen LogP contribution < -0.4 is 4.57 Å². The minimum Gasteiger partial charge on any atom is -0.304 e. The zero-order chi connectivity index (χ0) is 15.8. The first-order valence-electron chi connectivity index (χ1n) is 7.89. The average molecular weight is 265 g/mol. The van der Waals surface area contributed by atoms with Gasteiger partial charge in [-0.15, -0.1) is 0 Å². The number of fused-ring (bicyclic) bond motifs is 7. The van der Waals surface area contributed by atoms with E-state index in [1.807, 2.05) is 27.4 Å². The van der Waals surface area contributed by atoms with E-state index in [0.29, 0.717) is 17.7 Å². The molecule has 1 aliphatic heterocycles. The molecule has 20 heavy (non-hydrogen) atoms. The van der Waals surface area contributed by atoms with Gasteiger partial charge in [0.15, 0.2) is 5.52 Å². The van der Waals surface area contributed by atoms with Crippen LogP contribution in [0.4, 0.5) is 0 Å². The van der Waals surface area contributed by atoms with Crippen LogP contribution in [0.2, 0.25) is 0 Å². The number of rotatable bonds is 0. The Balaban J connectivity index is 2.02. The lowest BCUT2D eigenvalue weighted by molar-refractivity contribution is -0.671. The van der Waals surface area contributed by atoms with E-state index in [1.54, 1.807) is 24.7 Å². The van der Waals surface area contributed by atoms with Crippen molar-refractivity contribution in [3.63, 3.8) is 0 Å². The maximum absolute atomic E-state index is 7.98. The maximum atomic E-state index is 7.98. The van der Waals surface area contributed by atoms with E-state index < -0.39 is 6.98 Å². The lowest BCUT2D eigenvalue weighted by Crippen LogP contribution is -2.29. The van der Waals surface area contributed by atoms with Crippen LogP contribution in [0.25, 0.3) is 27.9 Å². The van der Waals surface area contributed by atoms with Crippen LogP contribution in [-0.4, -0.2) is 18.9 Å². The van der Waals surface area contributed by atoms with Gasteiger partial charge >= 0.3 is 0 Å². The fourth-order valence-corrected chi connectivity index (χ4v) is 3.09. The van der Waals surface area contributed by atoms with E-state index in [0.717, 1.165) is 22.5 Å². The Kier molecular flexibility index (Phi) is 1.27. The quantitative estimate of drug-likeness (QED) is 0.398. The molecular formula is C15H12N5+. The van der Waals surface area contributed by atoms with Crippen LogP contribution in [0.1, 0.15) is 9.81 Å². The molecule has 0 aliphatic carbocycles. The SMILES string of the molecule is [2H]C([2H])([2H])n1c2ccncc2n2c[n+]3c(c12)-c1cccnc1C3. The zero-order valence-electron chi connectivity index (χ0n) is 13.5. The minimum absolute atomic E-state index is 0.649. The summed E-state index contributed by atoms with van der Waals surface area (Å²) >= 11 is 0. The maximum Gasteiger partial charge on any atom is 0.255 e. The van der Waals surface area contributed by atoms with E-state index in [1.165, 1.54) is 4.57 Å². The summed E-state index contributed by atoms with van der Waals surface area (Å²) in [6.07, 6.45) is 7.01. The normalized spacial score (nSPS) is 15.9. The number of nitrogens with zero attached hydrogens (tertiary/aromatic N) is 5. The van der Waals surface area contributed by atoms with Crippen molar-refractivity contribution < 1.29 is 8.68 Å². The highest BCUT2D eigenvalue weighted by Crippen LogP contribution is 2.31. The van der Waals surface area contributed by atoms with Gasteiger partial charge in [0.25, 0.3) is 12.0 Å². The van der Waals surface area contributed by atoms with Crippen LogP contribution in [0.15, 0.2) is 43.1 Å². The van der Waals surface area contributed by atoms with E-state index in [2.05, 4.69) is 9.97 Å². The molecule has 0 radical (unpaired) electrons. The molecule has 0 unspecified atom stereocenters. The topological polar surface area (TPSA) is 39.0 Å². The smallest absolute Gasteiger partial charge is 0.255 e. The van der Waals surface area contributed by atoms with Crippen molar-refractivity contribution in [3.05, 3.63) is 48.8 Å². The van der Waals surface area contributed by atoms with Gasteiger partial charge in [0.2, 0.25) is 5.69 Å². The molecule has 0 fully saturated rings. The van der Waals surface area contributed by atoms with Crippen molar-refractivity contribution in [2.45, 2.75) is 6.54 Å². The average Bonchev–Trinajstić information content (AvgIpc) is 3.12. The third kappa shape index (κ3) is 1.02. The van der Waals surface area contributed by atoms with E-state index in [-0.39, 0.29) is 0 Å². The Morgan fingerprint density at radius 2 is 2.30 bits per heavy atom. The van der Waals surface area contributed by atoms with E-state index >= 15 is 0 Å². The van der Waals surface area contributed by atoms with E-state index in [9.17, 15) is 0 Å². The molecule has 96 valence electrons. The summed E-state index contributed by atoms with van der Waals surface area (Å²) in [6.45, 7) is -1.63. The first-order chi connectivity index (χ1) is 11.1. The fourth-order valence-electron chi connectivity index (χ4n) is 3.09. The molecule has 0 N–H and O–H groups in total. The van der Waals surface area contributed by atoms with Gasteiger partial charge in [-0.05, 0) is 18.2 Å². The molecular weight excluding hydrogens is 250 g/mol. The number of imidazole rings is 2. The van der Waals surface area contributed by atoms with Gasteiger partial charge in [0.1, 0.15) is 6.54 Å². The first-order valence-corrected chi connectivity index (χ1v) is 6.39.